The van der Waals surface area contributed by atoms with Gasteiger partial charge in [-0.25, -0.2) is 9.48 Å². The Bertz CT molecular complexity index is 704. The number of aryl methyl sites for hydroxylation is 2. The predicted octanol–water partition coefficient (Wildman–Crippen LogP) is 2.22. The van der Waals surface area contributed by atoms with Crippen molar-refractivity contribution >= 4 is 19.0 Å². The number of carbonyl (C=O) groups excluding carboxylic acids is 1. The number of alkyl carbamates (subject to hydrolysis) is 1. The number of hydrogen-bond donors (Lipinski definition) is 2. The van der Waals surface area contributed by atoms with Gasteiger partial charge in [0.2, 0.25) is 5.88 Å². The Morgan fingerprint density at radius 1 is 1.17 bits per heavy atom. The number of ether oxygens (including phenoxy) is 2. The normalized spacial score (nSPS) is 14.9. The second-order valence-corrected chi connectivity index (χ2v) is 9.49. The molecule has 1 aromatic heterocycles. The van der Waals surface area contributed by atoms with Crippen LogP contribution in [-0.2, 0) is 16.4 Å². The zero-order chi connectivity index (χ0) is 22.8. The smallest absolute Gasteiger partial charge is 0.407 e. The molecule has 0 aromatic carbocycles. The highest BCUT2D eigenvalue weighted by atomic mass is 16.6. The third kappa shape index (κ3) is 7.22. The van der Waals surface area contributed by atoms with Crippen LogP contribution >= 0.6 is 0 Å². The molecule has 165 valence electrons. The van der Waals surface area contributed by atoms with E-state index in [1.807, 2.05) is 55.4 Å². The number of carbonyl (C=O) groups is 1. The summed E-state index contributed by atoms with van der Waals surface area (Å²) in [4.78, 5) is 12.0. The first-order valence-corrected chi connectivity index (χ1v) is 9.88. The average Bonchev–Trinajstić information content (AvgIpc) is 2.75. The van der Waals surface area contributed by atoms with Crippen molar-refractivity contribution in [3.05, 3.63) is 5.69 Å². The largest absolute Gasteiger partial charge is 0.473 e. The molecule has 0 fully saturated rings. The quantitative estimate of drug-likeness (QED) is 0.639. The highest BCUT2D eigenvalue weighted by Crippen LogP contribution is 2.25. The number of nitrogens with one attached hydrogen (secondary N) is 1. The molecule has 29 heavy (non-hydrogen) atoms. The van der Waals surface area contributed by atoms with E-state index in [2.05, 4.69) is 10.4 Å². The van der Waals surface area contributed by atoms with E-state index in [1.54, 1.807) is 33.1 Å². The van der Waals surface area contributed by atoms with E-state index < -0.39 is 22.9 Å². The molecule has 2 unspecified atom stereocenters. The van der Waals surface area contributed by atoms with Gasteiger partial charge in [0.1, 0.15) is 11.7 Å². The summed E-state index contributed by atoms with van der Waals surface area (Å²) >= 11 is 0. The predicted molar refractivity (Wildman–Crippen MR) is 114 cm³/mol. The first-order chi connectivity index (χ1) is 12.9. The molecule has 8 nitrogen and oxygen atoms in total. The lowest BCUT2D eigenvalue weighted by Gasteiger charge is -2.37. The maximum Gasteiger partial charge on any atom is 0.407 e. The Hall–Kier alpha value is -1.74. The summed E-state index contributed by atoms with van der Waals surface area (Å²) in [5, 5.41) is 17.5. The average molecular weight is 410 g/mol. The molecule has 0 saturated heterocycles. The summed E-state index contributed by atoms with van der Waals surface area (Å²) < 4.78 is 18.9. The number of aliphatic hydroxyl groups is 1. The molecule has 0 aliphatic carbocycles. The summed E-state index contributed by atoms with van der Waals surface area (Å²) in [5.41, 5.74) is -1.02. The first kappa shape index (κ1) is 25.3. The molecule has 2 atom stereocenters. The van der Waals surface area contributed by atoms with Crippen LogP contribution in [0.1, 0.15) is 68.0 Å². The van der Waals surface area contributed by atoms with E-state index in [1.165, 1.54) is 0 Å². The maximum atomic E-state index is 12.0. The number of hydrogen-bond acceptors (Lipinski definition) is 6. The zero-order valence-electron chi connectivity index (χ0n) is 19.7. The molecule has 0 spiro atoms. The van der Waals surface area contributed by atoms with Gasteiger partial charge in [0.25, 0.3) is 0 Å². The van der Waals surface area contributed by atoms with Crippen molar-refractivity contribution in [3.8, 4) is 5.88 Å². The van der Waals surface area contributed by atoms with Crippen molar-refractivity contribution in [2.24, 2.45) is 7.05 Å². The van der Waals surface area contributed by atoms with Gasteiger partial charge >= 0.3 is 13.6 Å². The van der Waals surface area contributed by atoms with Gasteiger partial charge in [-0.05, 0) is 69.2 Å². The molecule has 9 heteroatoms. The van der Waals surface area contributed by atoms with Crippen molar-refractivity contribution in [1.82, 2.24) is 15.1 Å². The Balaban J connectivity index is 2.88. The molecule has 0 saturated carbocycles. The summed E-state index contributed by atoms with van der Waals surface area (Å²) in [7, 11) is 3.34. The van der Waals surface area contributed by atoms with E-state index >= 15 is 0 Å². The third-order valence-corrected chi connectivity index (χ3v) is 4.90. The van der Waals surface area contributed by atoms with Crippen LogP contribution in [0.15, 0.2) is 0 Å². The van der Waals surface area contributed by atoms with Crippen LogP contribution < -0.4 is 15.5 Å². The fourth-order valence-corrected chi connectivity index (χ4v) is 2.17. The van der Waals surface area contributed by atoms with Gasteiger partial charge in [-0.2, -0.15) is 5.10 Å². The Morgan fingerprint density at radius 3 is 2.21 bits per heavy atom. The Morgan fingerprint density at radius 2 is 1.72 bits per heavy atom. The second kappa shape index (κ2) is 8.96. The van der Waals surface area contributed by atoms with E-state index in [9.17, 15) is 9.90 Å². The van der Waals surface area contributed by atoms with Gasteiger partial charge in [0, 0.05) is 12.5 Å². The van der Waals surface area contributed by atoms with Crippen molar-refractivity contribution in [2.75, 3.05) is 0 Å². The molecule has 0 aliphatic heterocycles. The lowest BCUT2D eigenvalue weighted by atomic mass is 9.82. The van der Waals surface area contributed by atoms with E-state index in [4.69, 9.17) is 14.1 Å². The number of aromatic nitrogens is 2. The van der Waals surface area contributed by atoms with Gasteiger partial charge in [0.15, 0.2) is 0 Å². The molecule has 1 heterocycles. The molecule has 1 aromatic rings. The van der Waals surface area contributed by atoms with Crippen LogP contribution in [0.5, 0.6) is 5.88 Å². The van der Waals surface area contributed by atoms with Gasteiger partial charge in [-0.3, -0.25) is 0 Å². The minimum Gasteiger partial charge on any atom is -0.473 e. The molecule has 0 aliphatic rings. The van der Waals surface area contributed by atoms with Crippen molar-refractivity contribution in [2.45, 2.75) is 98.2 Å². The van der Waals surface area contributed by atoms with Crippen LogP contribution in [-0.4, -0.2) is 57.4 Å². The minimum absolute atomic E-state index is 0.304. The SMILES string of the molecule is Cc1nn(C)c(OC(C)C(C)NC(=O)OC(C)(C)C)c1[B]OC(C)(C)C(C)(C)O. The molecule has 1 radical (unpaired) electrons. The van der Waals surface area contributed by atoms with Gasteiger partial charge in [-0.1, -0.05) is 0 Å². The number of amides is 1. The maximum absolute atomic E-state index is 12.0. The summed E-state index contributed by atoms with van der Waals surface area (Å²) in [6.07, 6.45) is -0.851. The van der Waals surface area contributed by atoms with Crippen molar-refractivity contribution in [1.29, 1.82) is 0 Å². The third-order valence-electron chi connectivity index (χ3n) is 4.90. The summed E-state index contributed by atoms with van der Waals surface area (Å²) in [6.45, 7) is 18.0. The lowest BCUT2D eigenvalue weighted by molar-refractivity contribution is -0.0893. The molecule has 2 N–H and O–H groups in total. The molecule has 0 bridgehead atoms. The fourth-order valence-electron chi connectivity index (χ4n) is 2.17. The monoisotopic (exact) mass is 410 g/mol. The highest BCUT2D eigenvalue weighted by molar-refractivity contribution is 6.49. The van der Waals surface area contributed by atoms with Crippen molar-refractivity contribution < 1.29 is 24.0 Å². The number of rotatable bonds is 8. The van der Waals surface area contributed by atoms with Crippen LogP contribution in [0, 0.1) is 6.92 Å². The fraction of sp³-hybridized carbons (Fsp3) is 0.800. The van der Waals surface area contributed by atoms with E-state index in [-0.39, 0.29) is 12.1 Å². The molecular formula is C20H37BN3O5. The molecule has 1 amide bonds. The van der Waals surface area contributed by atoms with Gasteiger partial charge in [-0.15, -0.1) is 0 Å². The van der Waals surface area contributed by atoms with Crippen LogP contribution in [0.2, 0.25) is 0 Å². The minimum atomic E-state index is -1.04. The van der Waals surface area contributed by atoms with E-state index in [0.29, 0.717) is 11.3 Å². The molecular weight excluding hydrogens is 373 g/mol. The summed E-state index contributed by atoms with van der Waals surface area (Å²) in [6, 6.07) is -0.304. The number of nitrogens with zero attached hydrogens (tertiary/aromatic N) is 2. The van der Waals surface area contributed by atoms with Crippen LogP contribution in [0.4, 0.5) is 4.79 Å². The first-order valence-electron chi connectivity index (χ1n) is 9.88. The Kier molecular flexibility index (Phi) is 7.81. The topological polar surface area (TPSA) is 94.8 Å². The Labute approximate surface area is 175 Å². The molecule has 1 rings (SSSR count). The highest BCUT2D eigenvalue weighted by Gasteiger charge is 2.36. The lowest BCUT2D eigenvalue weighted by Crippen LogP contribution is -2.49. The van der Waals surface area contributed by atoms with E-state index in [0.717, 1.165) is 5.69 Å². The zero-order valence-corrected chi connectivity index (χ0v) is 19.7. The van der Waals surface area contributed by atoms with Gasteiger partial charge in [0.05, 0.1) is 22.9 Å². The summed E-state index contributed by atoms with van der Waals surface area (Å²) in [5.74, 6) is 0.513. The second-order valence-electron chi connectivity index (χ2n) is 9.49. The van der Waals surface area contributed by atoms with Crippen LogP contribution in [0.3, 0.4) is 0 Å². The van der Waals surface area contributed by atoms with Gasteiger partial charge < -0.3 is 24.6 Å². The van der Waals surface area contributed by atoms with Crippen LogP contribution in [0.25, 0.3) is 0 Å². The van der Waals surface area contributed by atoms with Crippen molar-refractivity contribution in [3.63, 3.8) is 0 Å². The standard InChI is InChI=1S/C20H37BN3O5/c1-12(22-17(25)28-18(4,5)6)14(3)27-16-15(13(2)23-24(16)11)21-29-20(9,10)19(7,8)26/h12,14,26H,1-11H3,(H,22,25).